The highest BCUT2D eigenvalue weighted by Crippen LogP contribution is 2.34. The van der Waals surface area contributed by atoms with E-state index in [4.69, 9.17) is 4.52 Å². The summed E-state index contributed by atoms with van der Waals surface area (Å²) in [5, 5.41) is 14.1. The van der Waals surface area contributed by atoms with Gasteiger partial charge in [0.2, 0.25) is 5.76 Å². The third-order valence-corrected chi connectivity index (χ3v) is 4.92. The molecule has 0 radical (unpaired) electrons. The van der Waals surface area contributed by atoms with E-state index in [1.54, 1.807) is 6.07 Å². The third-order valence-electron chi connectivity index (χ3n) is 4.92. The number of likely N-dealkylation sites (tertiary alicyclic amines) is 1. The number of aromatic nitrogens is 1. The highest BCUT2D eigenvalue weighted by Gasteiger charge is 2.38. The maximum atomic E-state index is 12.7. The van der Waals surface area contributed by atoms with Crippen LogP contribution in [0.2, 0.25) is 0 Å². The Bertz CT molecular complexity index is 499. The van der Waals surface area contributed by atoms with Crippen molar-refractivity contribution in [2.24, 2.45) is 5.92 Å². The topological polar surface area (TPSA) is 66.6 Å². The van der Waals surface area contributed by atoms with Crippen LogP contribution in [0.15, 0.2) is 10.6 Å². The van der Waals surface area contributed by atoms with Crippen molar-refractivity contribution in [3.05, 3.63) is 17.5 Å². The summed E-state index contributed by atoms with van der Waals surface area (Å²) in [6.45, 7) is 2.57. The van der Waals surface area contributed by atoms with Gasteiger partial charge in [0.15, 0.2) is 0 Å². The van der Waals surface area contributed by atoms with Gasteiger partial charge in [0.25, 0.3) is 5.91 Å². The van der Waals surface area contributed by atoms with Crippen LogP contribution in [0, 0.1) is 12.8 Å². The number of carbonyl (C=O) groups excluding carboxylic acids is 1. The van der Waals surface area contributed by atoms with Crippen molar-refractivity contribution in [1.82, 2.24) is 10.1 Å². The molecule has 3 unspecified atom stereocenters. The second-order valence-electron chi connectivity index (χ2n) is 6.41. The maximum absolute atomic E-state index is 12.7. The van der Waals surface area contributed by atoms with Gasteiger partial charge in [-0.25, -0.2) is 0 Å². The van der Waals surface area contributed by atoms with Gasteiger partial charge in [-0.1, -0.05) is 18.0 Å². The Kier molecular flexibility index (Phi) is 4.29. The first-order chi connectivity index (χ1) is 10.2. The molecule has 1 amide bonds. The monoisotopic (exact) mass is 292 g/mol. The summed E-state index contributed by atoms with van der Waals surface area (Å²) < 4.78 is 5.14. The molecule has 0 aromatic carbocycles. The molecule has 1 aromatic heterocycles. The average Bonchev–Trinajstić information content (AvgIpc) is 2.94. The summed E-state index contributed by atoms with van der Waals surface area (Å²) in [6, 6.07) is 1.85. The van der Waals surface area contributed by atoms with Gasteiger partial charge in [-0.05, 0) is 39.0 Å². The van der Waals surface area contributed by atoms with Crippen LogP contribution in [0.3, 0.4) is 0 Å². The number of carbonyl (C=O) groups is 1. The Morgan fingerprint density at radius 1 is 1.29 bits per heavy atom. The Balaban J connectivity index is 1.79. The molecule has 116 valence electrons. The Morgan fingerprint density at radius 3 is 2.76 bits per heavy atom. The third kappa shape index (κ3) is 2.98. The Hall–Kier alpha value is -1.36. The number of aryl methyl sites for hydroxylation is 1. The average molecular weight is 292 g/mol. The summed E-state index contributed by atoms with van der Waals surface area (Å²) in [6.07, 6.45) is 7.01. The molecule has 1 N–H and O–H groups in total. The Labute approximate surface area is 125 Å². The van der Waals surface area contributed by atoms with Crippen LogP contribution < -0.4 is 0 Å². The minimum Gasteiger partial charge on any atom is -0.393 e. The lowest BCUT2D eigenvalue weighted by atomic mass is 9.78. The molecule has 2 fully saturated rings. The van der Waals surface area contributed by atoms with Gasteiger partial charge in [0.1, 0.15) is 0 Å². The van der Waals surface area contributed by atoms with E-state index in [-0.39, 0.29) is 24.0 Å². The van der Waals surface area contributed by atoms with E-state index in [9.17, 15) is 9.90 Å². The summed E-state index contributed by atoms with van der Waals surface area (Å²) in [5.74, 6) is 0.467. The van der Waals surface area contributed by atoms with Crippen molar-refractivity contribution in [2.45, 2.75) is 64.0 Å². The van der Waals surface area contributed by atoms with Gasteiger partial charge in [0, 0.05) is 24.6 Å². The highest BCUT2D eigenvalue weighted by atomic mass is 16.5. The van der Waals surface area contributed by atoms with Crippen molar-refractivity contribution in [3.63, 3.8) is 0 Å². The summed E-state index contributed by atoms with van der Waals surface area (Å²) in [5.41, 5.74) is 0.726. The molecule has 1 aliphatic carbocycles. The molecule has 5 heteroatoms. The van der Waals surface area contributed by atoms with E-state index < -0.39 is 0 Å². The lowest BCUT2D eigenvalue weighted by Crippen LogP contribution is -2.51. The lowest BCUT2D eigenvalue weighted by molar-refractivity contribution is -0.00278. The zero-order valence-corrected chi connectivity index (χ0v) is 12.6. The molecule has 0 spiro atoms. The number of nitrogens with zero attached hydrogens (tertiary/aromatic N) is 2. The van der Waals surface area contributed by atoms with Crippen molar-refractivity contribution in [3.8, 4) is 0 Å². The normalized spacial score (nSPS) is 30.4. The van der Waals surface area contributed by atoms with E-state index in [0.29, 0.717) is 5.76 Å². The number of piperidine rings is 1. The highest BCUT2D eigenvalue weighted by molar-refractivity contribution is 5.91. The van der Waals surface area contributed by atoms with Crippen LogP contribution in [-0.2, 0) is 0 Å². The molecule has 2 heterocycles. The van der Waals surface area contributed by atoms with Crippen LogP contribution in [-0.4, -0.2) is 39.8 Å². The van der Waals surface area contributed by atoms with E-state index in [1.807, 2.05) is 11.8 Å². The molecule has 21 heavy (non-hydrogen) atoms. The standard InChI is InChI=1S/C16H24N2O3/c1-11-10-15(21-17-11)16(20)18-9-5-4-7-13(18)12-6-2-3-8-14(12)19/h10,12-14,19H,2-9H2,1H3. The number of hydrogen-bond donors (Lipinski definition) is 1. The van der Waals surface area contributed by atoms with Gasteiger partial charge in [-0.2, -0.15) is 0 Å². The minimum absolute atomic E-state index is 0.0712. The van der Waals surface area contributed by atoms with Crippen molar-refractivity contribution >= 4 is 5.91 Å². The minimum atomic E-state index is -0.270. The van der Waals surface area contributed by atoms with Gasteiger partial charge in [-0.15, -0.1) is 0 Å². The zero-order valence-electron chi connectivity index (χ0n) is 12.6. The molecule has 3 atom stereocenters. The maximum Gasteiger partial charge on any atom is 0.292 e. The Morgan fingerprint density at radius 2 is 2.05 bits per heavy atom. The van der Waals surface area contributed by atoms with E-state index in [0.717, 1.165) is 57.2 Å². The molecule has 3 rings (SSSR count). The number of aliphatic hydroxyl groups is 1. The molecule has 5 nitrogen and oxygen atoms in total. The molecule has 1 saturated heterocycles. The first-order valence-corrected chi connectivity index (χ1v) is 8.09. The van der Waals surface area contributed by atoms with Crippen LogP contribution in [0.4, 0.5) is 0 Å². The molecule has 1 aliphatic heterocycles. The van der Waals surface area contributed by atoms with Gasteiger partial charge in [-0.3, -0.25) is 4.79 Å². The van der Waals surface area contributed by atoms with Crippen LogP contribution in [0.5, 0.6) is 0 Å². The molecular formula is C16H24N2O3. The second-order valence-corrected chi connectivity index (χ2v) is 6.41. The number of hydrogen-bond acceptors (Lipinski definition) is 4. The van der Waals surface area contributed by atoms with Crippen molar-refractivity contribution in [1.29, 1.82) is 0 Å². The summed E-state index contributed by atoms with van der Waals surface area (Å²) in [4.78, 5) is 14.6. The molecule has 1 saturated carbocycles. The lowest BCUT2D eigenvalue weighted by Gasteiger charge is -2.43. The van der Waals surface area contributed by atoms with Crippen LogP contribution in [0.25, 0.3) is 0 Å². The van der Waals surface area contributed by atoms with E-state index >= 15 is 0 Å². The number of rotatable bonds is 2. The smallest absolute Gasteiger partial charge is 0.292 e. The fourth-order valence-electron chi connectivity index (χ4n) is 3.85. The van der Waals surface area contributed by atoms with Crippen molar-refractivity contribution < 1.29 is 14.4 Å². The van der Waals surface area contributed by atoms with Gasteiger partial charge >= 0.3 is 0 Å². The largest absolute Gasteiger partial charge is 0.393 e. The SMILES string of the molecule is Cc1cc(C(=O)N2CCCCC2C2CCCCC2O)on1. The fourth-order valence-corrected chi connectivity index (χ4v) is 3.85. The van der Waals surface area contributed by atoms with Gasteiger partial charge in [0.05, 0.1) is 11.8 Å². The first-order valence-electron chi connectivity index (χ1n) is 8.09. The first kappa shape index (κ1) is 14.6. The van der Waals surface area contributed by atoms with Crippen LogP contribution in [0.1, 0.15) is 61.2 Å². The molecule has 1 aromatic rings. The van der Waals surface area contributed by atoms with E-state index in [1.165, 1.54) is 0 Å². The summed E-state index contributed by atoms with van der Waals surface area (Å²) in [7, 11) is 0. The predicted molar refractivity (Wildman–Crippen MR) is 77.9 cm³/mol. The molecule has 0 bridgehead atoms. The number of amides is 1. The predicted octanol–water partition coefficient (Wildman–Crippen LogP) is 2.53. The quantitative estimate of drug-likeness (QED) is 0.909. The fraction of sp³-hybridized carbons (Fsp3) is 0.750. The van der Waals surface area contributed by atoms with Crippen LogP contribution >= 0.6 is 0 Å². The van der Waals surface area contributed by atoms with Gasteiger partial charge < -0.3 is 14.5 Å². The van der Waals surface area contributed by atoms with E-state index in [2.05, 4.69) is 5.16 Å². The number of aliphatic hydroxyl groups excluding tert-OH is 1. The molecule has 2 aliphatic rings. The second kappa shape index (κ2) is 6.18. The summed E-state index contributed by atoms with van der Waals surface area (Å²) >= 11 is 0. The molecular weight excluding hydrogens is 268 g/mol. The van der Waals surface area contributed by atoms with Crippen molar-refractivity contribution in [2.75, 3.05) is 6.54 Å². The zero-order chi connectivity index (χ0) is 14.8.